The van der Waals surface area contributed by atoms with Gasteiger partial charge in [-0.2, -0.15) is 0 Å². The number of nitrogens with one attached hydrogen (secondary N) is 1. The Labute approximate surface area is 117 Å². The molecular formula is C14H16N2O4. The molecule has 0 unspecified atom stereocenters. The highest BCUT2D eigenvalue weighted by molar-refractivity contribution is 6.10. The van der Waals surface area contributed by atoms with Crippen LogP contribution >= 0.6 is 0 Å². The normalized spacial score (nSPS) is 12.6. The van der Waals surface area contributed by atoms with E-state index < -0.39 is 0 Å². The average Bonchev–Trinajstić information content (AvgIpc) is 2.81. The number of anilines is 1. The van der Waals surface area contributed by atoms with Crippen LogP contribution in [-0.2, 0) is 4.79 Å². The van der Waals surface area contributed by atoms with Crippen molar-refractivity contribution in [2.45, 2.75) is 6.92 Å². The predicted octanol–water partition coefficient (Wildman–Crippen LogP) is 1.63. The van der Waals surface area contributed by atoms with Crippen LogP contribution in [0.3, 0.4) is 0 Å². The molecule has 0 saturated carbocycles. The van der Waals surface area contributed by atoms with Crippen molar-refractivity contribution in [3.8, 4) is 11.5 Å². The Balaban J connectivity index is 2.39. The summed E-state index contributed by atoms with van der Waals surface area (Å²) in [6.07, 6.45) is 3.08. The number of hydrogen-bond acceptors (Lipinski definition) is 5. The van der Waals surface area contributed by atoms with E-state index in [0.29, 0.717) is 22.7 Å². The highest BCUT2D eigenvalue weighted by Gasteiger charge is 2.20. The number of amides is 1. The van der Waals surface area contributed by atoms with Gasteiger partial charge in [0.05, 0.1) is 5.69 Å². The molecule has 1 heterocycles. The van der Waals surface area contributed by atoms with Crippen LogP contribution < -0.4 is 14.8 Å². The molecule has 0 bridgehead atoms. The molecule has 1 aromatic carbocycles. The fourth-order valence-corrected chi connectivity index (χ4v) is 1.75. The molecule has 2 rings (SSSR count). The van der Waals surface area contributed by atoms with Crippen molar-refractivity contribution in [2.75, 3.05) is 26.2 Å². The smallest absolute Gasteiger partial charge is 0.231 e. The second-order valence-electron chi connectivity index (χ2n) is 4.58. The lowest BCUT2D eigenvalue weighted by molar-refractivity contribution is -0.114. The minimum atomic E-state index is -0.255. The molecule has 0 saturated heterocycles. The van der Waals surface area contributed by atoms with Gasteiger partial charge in [-0.15, -0.1) is 0 Å². The van der Waals surface area contributed by atoms with Crippen molar-refractivity contribution in [3.05, 3.63) is 30.0 Å². The van der Waals surface area contributed by atoms with Gasteiger partial charge >= 0.3 is 0 Å². The zero-order valence-electron chi connectivity index (χ0n) is 11.6. The number of benzene rings is 1. The summed E-state index contributed by atoms with van der Waals surface area (Å²) < 4.78 is 10.5. The van der Waals surface area contributed by atoms with Gasteiger partial charge in [0.2, 0.25) is 12.7 Å². The first-order valence-electron chi connectivity index (χ1n) is 6.07. The second kappa shape index (κ2) is 5.64. The maximum absolute atomic E-state index is 12.2. The van der Waals surface area contributed by atoms with E-state index in [1.807, 2.05) is 14.1 Å². The third-order valence-electron chi connectivity index (χ3n) is 2.61. The molecule has 6 heteroatoms. The topological polar surface area (TPSA) is 67.9 Å². The van der Waals surface area contributed by atoms with E-state index in [2.05, 4.69) is 5.32 Å². The van der Waals surface area contributed by atoms with Crippen molar-refractivity contribution < 1.29 is 19.1 Å². The van der Waals surface area contributed by atoms with Crippen molar-refractivity contribution in [1.29, 1.82) is 0 Å². The maximum Gasteiger partial charge on any atom is 0.231 e. The fraction of sp³-hybridized carbons (Fsp3) is 0.286. The minimum Gasteiger partial charge on any atom is -0.454 e. The van der Waals surface area contributed by atoms with E-state index in [9.17, 15) is 9.59 Å². The largest absolute Gasteiger partial charge is 0.454 e. The van der Waals surface area contributed by atoms with Crippen LogP contribution in [0.25, 0.3) is 0 Å². The van der Waals surface area contributed by atoms with Gasteiger partial charge in [0.1, 0.15) is 0 Å². The molecule has 106 valence electrons. The lowest BCUT2D eigenvalue weighted by Gasteiger charge is -2.09. The van der Waals surface area contributed by atoms with E-state index in [-0.39, 0.29) is 18.5 Å². The lowest BCUT2D eigenvalue weighted by Crippen LogP contribution is -2.11. The van der Waals surface area contributed by atoms with Crippen molar-refractivity contribution in [1.82, 2.24) is 4.90 Å². The summed E-state index contributed by atoms with van der Waals surface area (Å²) in [5, 5.41) is 2.63. The zero-order chi connectivity index (χ0) is 14.7. The highest BCUT2D eigenvalue weighted by atomic mass is 16.7. The molecule has 1 aliphatic rings. The van der Waals surface area contributed by atoms with Gasteiger partial charge < -0.3 is 19.7 Å². The molecule has 1 aliphatic heterocycles. The summed E-state index contributed by atoms with van der Waals surface area (Å²) in [4.78, 5) is 25.2. The van der Waals surface area contributed by atoms with Gasteiger partial charge in [0, 0.05) is 44.9 Å². The third-order valence-corrected chi connectivity index (χ3v) is 2.61. The van der Waals surface area contributed by atoms with Crippen molar-refractivity contribution >= 4 is 17.4 Å². The van der Waals surface area contributed by atoms with Gasteiger partial charge in [0.25, 0.3) is 0 Å². The minimum absolute atomic E-state index is 0.111. The van der Waals surface area contributed by atoms with Gasteiger partial charge in [-0.05, 0) is 6.07 Å². The molecule has 20 heavy (non-hydrogen) atoms. The van der Waals surface area contributed by atoms with Gasteiger partial charge in [-0.25, -0.2) is 0 Å². The van der Waals surface area contributed by atoms with E-state index in [4.69, 9.17) is 9.47 Å². The molecule has 0 aliphatic carbocycles. The Morgan fingerprint density at radius 2 is 1.90 bits per heavy atom. The van der Waals surface area contributed by atoms with Crippen LogP contribution in [0.15, 0.2) is 24.4 Å². The number of carbonyl (C=O) groups excluding carboxylic acids is 2. The van der Waals surface area contributed by atoms with Crippen LogP contribution in [-0.4, -0.2) is 37.5 Å². The quantitative estimate of drug-likeness (QED) is 0.668. The average molecular weight is 276 g/mol. The van der Waals surface area contributed by atoms with Crippen LogP contribution in [0.4, 0.5) is 5.69 Å². The van der Waals surface area contributed by atoms with Crippen LogP contribution in [0.5, 0.6) is 11.5 Å². The SMILES string of the molecule is CC(=O)Nc1cc2c(cc1C(=O)C=CN(C)C)OCO2. The Bertz CT molecular complexity index is 579. The summed E-state index contributed by atoms with van der Waals surface area (Å²) in [5.41, 5.74) is 0.776. The van der Waals surface area contributed by atoms with Crippen molar-refractivity contribution in [3.63, 3.8) is 0 Å². The molecular weight excluding hydrogens is 260 g/mol. The zero-order valence-corrected chi connectivity index (χ0v) is 11.6. The van der Waals surface area contributed by atoms with Gasteiger partial charge in [0.15, 0.2) is 17.3 Å². The number of ketones is 1. The number of allylic oxidation sites excluding steroid dienone is 1. The molecule has 1 amide bonds. The molecule has 0 atom stereocenters. The van der Waals surface area contributed by atoms with E-state index in [1.165, 1.54) is 13.0 Å². The number of ether oxygens (including phenoxy) is 2. The summed E-state index contributed by atoms with van der Waals surface area (Å²) >= 11 is 0. The molecule has 0 spiro atoms. The van der Waals surface area contributed by atoms with Gasteiger partial charge in [-0.3, -0.25) is 9.59 Å². The van der Waals surface area contributed by atoms with E-state index in [1.54, 1.807) is 23.2 Å². The molecule has 6 nitrogen and oxygen atoms in total. The van der Waals surface area contributed by atoms with E-state index in [0.717, 1.165) is 0 Å². The third kappa shape index (κ3) is 3.09. The van der Waals surface area contributed by atoms with Crippen LogP contribution in [0, 0.1) is 0 Å². The maximum atomic E-state index is 12.2. The number of fused-ring (bicyclic) bond motifs is 1. The summed E-state index contributed by atoms with van der Waals surface area (Å²) in [5.74, 6) is 0.540. The molecule has 0 aromatic heterocycles. The molecule has 0 fully saturated rings. The highest BCUT2D eigenvalue weighted by Crippen LogP contribution is 2.37. The Hall–Kier alpha value is -2.50. The number of hydrogen-bond donors (Lipinski definition) is 1. The Morgan fingerprint density at radius 1 is 1.25 bits per heavy atom. The van der Waals surface area contributed by atoms with Crippen LogP contribution in [0.1, 0.15) is 17.3 Å². The summed E-state index contributed by atoms with van der Waals surface area (Å²) in [7, 11) is 3.64. The Kier molecular flexibility index (Phi) is 3.93. The fourth-order valence-electron chi connectivity index (χ4n) is 1.75. The number of nitrogens with zero attached hydrogens (tertiary/aromatic N) is 1. The molecule has 1 aromatic rings. The summed E-state index contributed by atoms with van der Waals surface area (Å²) in [6.45, 7) is 1.49. The first-order chi connectivity index (χ1) is 9.47. The molecule has 1 N–H and O–H groups in total. The monoisotopic (exact) mass is 276 g/mol. The lowest BCUT2D eigenvalue weighted by atomic mass is 10.1. The molecule has 0 radical (unpaired) electrons. The number of rotatable bonds is 4. The van der Waals surface area contributed by atoms with Gasteiger partial charge in [-0.1, -0.05) is 0 Å². The predicted molar refractivity (Wildman–Crippen MR) is 74.0 cm³/mol. The standard InChI is InChI=1S/C14H16N2O4/c1-9(17)15-11-7-14-13(19-8-20-14)6-10(11)12(18)4-5-16(2)3/h4-7H,8H2,1-3H3,(H,15,17). The number of carbonyl (C=O) groups is 2. The Morgan fingerprint density at radius 3 is 2.50 bits per heavy atom. The second-order valence-corrected chi connectivity index (χ2v) is 4.58. The van der Waals surface area contributed by atoms with Crippen LogP contribution in [0.2, 0.25) is 0 Å². The first kappa shape index (κ1) is 13.9. The summed E-state index contributed by atoms with van der Waals surface area (Å²) in [6, 6.07) is 3.18. The van der Waals surface area contributed by atoms with Crippen molar-refractivity contribution in [2.24, 2.45) is 0 Å². The first-order valence-corrected chi connectivity index (χ1v) is 6.07. The van der Waals surface area contributed by atoms with E-state index >= 15 is 0 Å².